The minimum atomic E-state index is 0.735. The number of fused-ring (bicyclic) bond motifs is 1. The third kappa shape index (κ3) is 1.89. The third-order valence-electron chi connectivity index (χ3n) is 2.21. The zero-order valence-corrected chi connectivity index (χ0v) is 8.09. The molecule has 0 aromatic carbocycles. The summed E-state index contributed by atoms with van der Waals surface area (Å²) in [7, 11) is 0. The Hall–Kier alpha value is -0.890. The first-order valence-electron chi connectivity index (χ1n) is 4.44. The summed E-state index contributed by atoms with van der Waals surface area (Å²) in [5.74, 6) is 0.735. The molecule has 0 unspecified atom stereocenters. The molecule has 68 valence electrons. The molecule has 2 rings (SSSR count). The van der Waals surface area contributed by atoms with Gasteiger partial charge in [0.05, 0.1) is 5.69 Å². The number of halogens is 1. The van der Waals surface area contributed by atoms with Gasteiger partial charge in [0, 0.05) is 24.1 Å². The number of allylic oxidation sites excluding steroid dienone is 1. The van der Waals surface area contributed by atoms with Crippen LogP contribution in [0.1, 0.15) is 24.1 Å². The lowest BCUT2D eigenvalue weighted by molar-refractivity contribution is 0.880. The maximum Gasteiger partial charge on any atom is 0.115 e. The van der Waals surface area contributed by atoms with Crippen LogP contribution < -0.4 is 0 Å². The van der Waals surface area contributed by atoms with E-state index in [9.17, 15) is 0 Å². The van der Waals surface area contributed by atoms with Crippen LogP contribution in [0.2, 0.25) is 0 Å². The van der Waals surface area contributed by atoms with Crippen LogP contribution in [0.25, 0.3) is 6.08 Å². The summed E-state index contributed by atoms with van der Waals surface area (Å²) in [6.07, 6.45) is 8.78. The fourth-order valence-corrected chi connectivity index (χ4v) is 1.71. The van der Waals surface area contributed by atoms with E-state index in [2.05, 4.69) is 16.0 Å². The third-order valence-corrected chi connectivity index (χ3v) is 2.48. The smallest absolute Gasteiger partial charge is 0.115 e. The van der Waals surface area contributed by atoms with Crippen molar-refractivity contribution >= 4 is 17.7 Å². The molecule has 1 aliphatic carbocycles. The number of nitrogens with zero attached hydrogens (tertiary/aromatic N) is 2. The summed E-state index contributed by atoms with van der Waals surface area (Å²) < 4.78 is 0. The standard InChI is InChI=1S/C10H11ClN2/c11-3-1-2-8-4-9-6-12-7-13-10(9)5-8/h4,6-7H,1-3,5H2. The van der Waals surface area contributed by atoms with E-state index in [1.165, 1.54) is 11.1 Å². The highest BCUT2D eigenvalue weighted by atomic mass is 35.5. The number of aromatic nitrogens is 2. The van der Waals surface area contributed by atoms with Crippen LogP contribution in [0.3, 0.4) is 0 Å². The second-order valence-corrected chi connectivity index (χ2v) is 3.57. The molecule has 2 nitrogen and oxygen atoms in total. The van der Waals surface area contributed by atoms with Crippen molar-refractivity contribution in [2.45, 2.75) is 19.3 Å². The van der Waals surface area contributed by atoms with Gasteiger partial charge in [-0.1, -0.05) is 11.6 Å². The highest BCUT2D eigenvalue weighted by Gasteiger charge is 2.12. The summed E-state index contributed by atoms with van der Waals surface area (Å²) in [4.78, 5) is 8.21. The topological polar surface area (TPSA) is 25.8 Å². The Balaban J connectivity index is 2.08. The van der Waals surface area contributed by atoms with E-state index < -0.39 is 0 Å². The fraction of sp³-hybridized carbons (Fsp3) is 0.400. The molecule has 3 heteroatoms. The van der Waals surface area contributed by atoms with Gasteiger partial charge in [-0.05, 0) is 12.8 Å². The minimum absolute atomic E-state index is 0.735. The van der Waals surface area contributed by atoms with E-state index in [1.807, 2.05) is 6.20 Å². The molecule has 0 spiro atoms. The first kappa shape index (κ1) is 8.70. The van der Waals surface area contributed by atoms with E-state index in [-0.39, 0.29) is 0 Å². The van der Waals surface area contributed by atoms with Crippen molar-refractivity contribution in [2.24, 2.45) is 0 Å². The second kappa shape index (κ2) is 3.88. The van der Waals surface area contributed by atoms with Gasteiger partial charge in [-0.25, -0.2) is 9.97 Å². The van der Waals surface area contributed by atoms with Crippen LogP contribution in [0.15, 0.2) is 18.1 Å². The highest BCUT2D eigenvalue weighted by Crippen LogP contribution is 2.24. The van der Waals surface area contributed by atoms with Crippen molar-refractivity contribution in [2.75, 3.05) is 5.88 Å². The van der Waals surface area contributed by atoms with Gasteiger partial charge in [0.25, 0.3) is 0 Å². The van der Waals surface area contributed by atoms with Crippen molar-refractivity contribution in [1.82, 2.24) is 9.97 Å². The van der Waals surface area contributed by atoms with Gasteiger partial charge < -0.3 is 0 Å². The number of alkyl halides is 1. The molecule has 1 aromatic rings. The summed E-state index contributed by atoms with van der Waals surface area (Å²) in [6.45, 7) is 0. The van der Waals surface area contributed by atoms with Crippen LogP contribution in [-0.2, 0) is 6.42 Å². The monoisotopic (exact) mass is 194 g/mol. The van der Waals surface area contributed by atoms with Gasteiger partial charge in [0.2, 0.25) is 0 Å². The second-order valence-electron chi connectivity index (χ2n) is 3.20. The molecular formula is C10H11ClN2. The quantitative estimate of drug-likeness (QED) is 0.691. The number of hydrogen-bond acceptors (Lipinski definition) is 2. The Kier molecular flexibility index (Phi) is 2.60. The molecule has 0 atom stereocenters. The van der Waals surface area contributed by atoms with Crippen LogP contribution in [0.4, 0.5) is 0 Å². The maximum absolute atomic E-state index is 5.64. The van der Waals surface area contributed by atoms with Crippen LogP contribution in [0, 0.1) is 0 Å². The SMILES string of the molecule is ClCCCC1=Cc2cncnc2C1. The summed E-state index contributed by atoms with van der Waals surface area (Å²) in [6, 6.07) is 0. The van der Waals surface area contributed by atoms with Crippen molar-refractivity contribution < 1.29 is 0 Å². The molecule has 0 radical (unpaired) electrons. The molecule has 13 heavy (non-hydrogen) atoms. The average molecular weight is 195 g/mol. The Bertz CT molecular complexity index is 333. The van der Waals surface area contributed by atoms with Gasteiger partial charge in [-0.2, -0.15) is 0 Å². The van der Waals surface area contributed by atoms with Crippen LogP contribution in [0.5, 0.6) is 0 Å². The molecule has 0 aliphatic heterocycles. The molecule has 0 saturated heterocycles. The summed E-state index contributed by atoms with van der Waals surface area (Å²) >= 11 is 5.64. The van der Waals surface area contributed by atoms with Crippen LogP contribution in [-0.4, -0.2) is 15.8 Å². The summed E-state index contributed by atoms with van der Waals surface area (Å²) in [5, 5.41) is 0. The van der Waals surface area contributed by atoms with Crippen molar-refractivity contribution in [3.8, 4) is 0 Å². The molecular weight excluding hydrogens is 184 g/mol. The van der Waals surface area contributed by atoms with Crippen molar-refractivity contribution in [3.63, 3.8) is 0 Å². The van der Waals surface area contributed by atoms with Gasteiger partial charge in [-0.3, -0.25) is 0 Å². The Labute approximate surface area is 82.7 Å². The van der Waals surface area contributed by atoms with Gasteiger partial charge in [0.15, 0.2) is 0 Å². The minimum Gasteiger partial charge on any atom is -0.244 e. The van der Waals surface area contributed by atoms with E-state index in [0.717, 1.165) is 30.8 Å². The number of rotatable bonds is 3. The van der Waals surface area contributed by atoms with Gasteiger partial charge in [-0.15, -0.1) is 11.6 Å². The van der Waals surface area contributed by atoms with Crippen LogP contribution >= 0.6 is 11.6 Å². The average Bonchev–Trinajstić information content (AvgIpc) is 2.57. The molecule has 0 fully saturated rings. The maximum atomic E-state index is 5.64. The molecule has 1 aromatic heterocycles. The molecule has 0 bridgehead atoms. The first-order chi connectivity index (χ1) is 6.40. The van der Waals surface area contributed by atoms with E-state index in [4.69, 9.17) is 11.6 Å². The molecule has 1 aliphatic rings. The lowest BCUT2D eigenvalue weighted by atomic mass is 10.1. The highest BCUT2D eigenvalue weighted by molar-refractivity contribution is 6.17. The Morgan fingerprint density at radius 2 is 2.38 bits per heavy atom. The summed E-state index contributed by atoms with van der Waals surface area (Å²) in [5.41, 5.74) is 3.75. The predicted octanol–water partition coefficient (Wildman–Crippen LogP) is 2.44. The molecule has 0 saturated carbocycles. The zero-order valence-electron chi connectivity index (χ0n) is 7.33. The fourth-order valence-electron chi connectivity index (χ4n) is 1.57. The van der Waals surface area contributed by atoms with Crippen molar-refractivity contribution in [3.05, 3.63) is 29.4 Å². The first-order valence-corrected chi connectivity index (χ1v) is 4.98. The normalized spacial score (nSPS) is 14.1. The van der Waals surface area contributed by atoms with Gasteiger partial charge >= 0.3 is 0 Å². The molecule has 0 N–H and O–H groups in total. The van der Waals surface area contributed by atoms with Gasteiger partial charge in [0.1, 0.15) is 6.33 Å². The molecule has 1 heterocycles. The lowest BCUT2D eigenvalue weighted by Crippen LogP contribution is -1.90. The van der Waals surface area contributed by atoms with E-state index in [1.54, 1.807) is 6.33 Å². The van der Waals surface area contributed by atoms with E-state index >= 15 is 0 Å². The van der Waals surface area contributed by atoms with E-state index in [0.29, 0.717) is 0 Å². The predicted molar refractivity (Wildman–Crippen MR) is 53.7 cm³/mol. The largest absolute Gasteiger partial charge is 0.244 e. The van der Waals surface area contributed by atoms with Crippen molar-refractivity contribution in [1.29, 1.82) is 0 Å². The lowest BCUT2D eigenvalue weighted by Gasteiger charge is -1.97. The number of hydrogen-bond donors (Lipinski definition) is 0. The zero-order chi connectivity index (χ0) is 9.10. The Morgan fingerprint density at radius 1 is 1.46 bits per heavy atom. The molecule has 0 amide bonds. The Morgan fingerprint density at radius 3 is 3.15 bits per heavy atom.